The van der Waals surface area contributed by atoms with Crippen molar-refractivity contribution in [2.75, 3.05) is 7.05 Å². The summed E-state index contributed by atoms with van der Waals surface area (Å²) in [5.41, 5.74) is 2.61. The van der Waals surface area contributed by atoms with Gasteiger partial charge in [-0.3, -0.25) is 4.68 Å². The maximum absolute atomic E-state index is 4.65. The number of nitrogens with zero attached hydrogens (tertiary/aromatic N) is 2. The van der Waals surface area contributed by atoms with Crippen LogP contribution in [0.3, 0.4) is 0 Å². The Morgan fingerprint density at radius 2 is 1.81 bits per heavy atom. The molecule has 0 fully saturated rings. The van der Waals surface area contributed by atoms with Crippen LogP contribution in [0.5, 0.6) is 0 Å². The Morgan fingerprint density at radius 1 is 1.10 bits per heavy atom. The first-order chi connectivity index (χ1) is 10.2. The molecule has 1 N–H and O–H groups in total. The first-order valence-corrected chi connectivity index (χ1v) is 8.97. The maximum atomic E-state index is 4.65. The number of hydrogen-bond acceptors (Lipinski definition) is 2. The Morgan fingerprint density at radius 3 is 2.43 bits per heavy atom. The fourth-order valence-electron chi connectivity index (χ4n) is 2.90. The number of aromatic nitrogens is 2. The highest BCUT2D eigenvalue weighted by atomic mass is 15.3. The van der Waals surface area contributed by atoms with Crippen LogP contribution in [0.2, 0.25) is 0 Å². The second-order valence-corrected chi connectivity index (χ2v) is 6.04. The number of nitrogens with one attached hydrogen (secondary N) is 1. The van der Waals surface area contributed by atoms with Crippen molar-refractivity contribution < 1.29 is 0 Å². The van der Waals surface area contributed by atoms with Crippen molar-refractivity contribution in [3.63, 3.8) is 0 Å². The Labute approximate surface area is 131 Å². The molecule has 0 spiro atoms. The van der Waals surface area contributed by atoms with Crippen molar-refractivity contribution in [3.8, 4) is 0 Å². The van der Waals surface area contributed by atoms with Crippen LogP contribution in [-0.2, 0) is 19.4 Å². The molecule has 1 heterocycles. The number of likely N-dealkylation sites (N-methyl/N-ethyl adjacent to an activating group) is 1. The molecule has 1 unspecified atom stereocenters. The lowest BCUT2D eigenvalue weighted by Gasteiger charge is -2.16. The minimum absolute atomic E-state index is 0.586. The van der Waals surface area contributed by atoms with E-state index in [1.54, 1.807) is 0 Å². The summed E-state index contributed by atoms with van der Waals surface area (Å²) in [7, 11) is 2.09. The second kappa shape index (κ2) is 10.8. The zero-order valence-corrected chi connectivity index (χ0v) is 14.6. The van der Waals surface area contributed by atoms with Gasteiger partial charge in [-0.25, -0.2) is 0 Å². The molecule has 1 aromatic heterocycles. The van der Waals surface area contributed by atoms with Crippen LogP contribution in [0.1, 0.15) is 77.1 Å². The van der Waals surface area contributed by atoms with Crippen LogP contribution in [0.25, 0.3) is 0 Å². The highest BCUT2D eigenvalue weighted by Crippen LogP contribution is 2.13. The monoisotopic (exact) mass is 293 g/mol. The molecule has 0 radical (unpaired) electrons. The van der Waals surface area contributed by atoms with Crippen LogP contribution >= 0.6 is 0 Å². The van der Waals surface area contributed by atoms with E-state index in [2.05, 4.69) is 49.0 Å². The van der Waals surface area contributed by atoms with Crippen molar-refractivity contribution in [3.05, 3.63) is 17.5 Å². The minimum atomic E-state index is 0.586. The molecule has 0 aromatic carbocycles. The SMILES string of the molecule is CCCCCCCCC(Cc1cc(CC)nn1CC)NC. The summed E-state index contributed by atoms with van der Waals surface area (Å²) in [5, 5.41) is 8.14. The quantitative estimate of drug-likeness (QED) is 0.581. The van der Waals surface area contributed by atoms with Gasteiger partial charge in [-0.2, -0.15) is 5.10 Å². The van der Waals surface area contributed by atoms with Gasteiger partial charge in [0.25, 0.3) is 0 Å². The fourth-order valence-corrected chi connectivity index (χ4v) is 2.90. The molecular weight excluding hydrogens is 258 g/mol. The largest absolute Gasteiger partial charge is 0.317 e. The van der Waals surface area contributed by atoms with Gasteiger partial charge >= 0.3 is 0 Å². The Hall–Kier alpha value is -0.830. The van der Waals surface area contributed by atoms with Gasteiger partial charge in [0, 0.05) is 24.7 Å². The molecule has 1 rings (SSSR count). The van der Waals surface area contributed by atoms with Gasteiger partial charge in [-0.15, -0.1) is 0 Å². The van der Waals surface area contributed by atoms with Crippen LogP contribution in [0, 0.1) is 0 Å². The van der Waals surface area contributed by atoms with Crippen molar-refractivity contribution in [1.82, 2.24) is 15.1 Å². The van der Waals surface area contributed by atoms with Gasteiger partial charge in [-0.1, -0.05) is 52.4 Å². The molecule has 1 aromatic rings. The van der Waals surface area contributed by atoms with E-state index in [4.69, 9.17) is 0 Å². The van der Waals surface area contributed by atoms with Gasteiger partial charge in [0.05, 0.1) is 5.69 Å². The number of hydrogen-bond donors (Lipinski definition) is 1. The molecule has 122 valence electrons. The standard InChI is InChI=1S/C18H35N3/c1-5-8-9-10-11-12-13-17(19-4)15-18-14-16(6-2)20-21(18)7-3/h14,17,19H,5-13,15H2,1-4H3. The number of unbranched alkanes of at least 4 members (excludes halogenated alkanes) is 5. The van der Waals surface area contributed by atoms with E-state index >= 15 is 0 Å². The van der Waals surface area contributed by atoms with Gasteiger partial charge in [0.2, 0.25) is 0 Å². The highest BCUT2D eigenvalue weighted by molar-refractivity contribution is 5.12. The first-order valence-electron chi connectivity index (χ1n) is 8.97. The van der Waals surface area contributed by atoms with E-state index in [1.807, 2.05) is 0 Å². The smallest absolute Gasteiger partial charge is 0.0624 e. The van der Waals surface area contributed by atoms with Crippen LogP contribution in [-0.4, -0.2) is 22.9 Å². The molecular formula is C18H35N3. The predicted molar refractivity (Wildman–Crippen MR) is 91.8 cm³/mol. The van der Waals surface area contributed by atoms with E-state index in [9.17, 15) is 0 Å². The first kappa shape index (κ1) is 18.2. The summed E-state index contributed by atoms with van der Waals surface area (Å²) < 4.78 is 2.17. The third-order valence-corrected chi connectivity index (χ3v) is 4.35. The van der Waals surface area contributed by atoms with Crippen molar-refractivity contribution >= 4 is 0 Å². The number of aryl methyl sites for hydroxylation is 2. The second-order valence-electron chi connectivity index (χ2n) is 6.04. The average molecular weight is 293 g/mol. The molecule has 0 aliphatic carbocycles. The average Bonchev–Trinajstić information content (AvgIpc) is 2.91. The molecule has 3 nitrogen and oxygen atoms in total. The zero-order valence-electron chi connectivity index (χ0n) is 14.6. The lowest BCUT2D eigenvalue weighted by Crippen LogP contribution is -2.28. The lowest BCUT2D eigenvalue weighted by atomic mass is 10.0. The Balaban J connectivity index is 2.37. The number of rotatable bonds is 12. The molecule has 0 aliphatic rings. The van der Waals surface area contributed by atoms with Crippen molar-refractivity contribution in [2.45, 2.75) is 91.1 Å². The molecule has 0 saturated heterocycles. The van der Waals surface area contributed by atoms with Gasteiger partial charge < -0.3 is 5.32 Å². The van der Waals surface area contributed by atoms with E-state index in [0.29, 0.717) is 6.04 Å². The fraction of sp³-hybridized carbons (Fsp3) is 0.833. The molecule has 0 saturated carbocycles. The summed E-state index contributed by atoms with van der Waals surface area (Å²) in [4.78, 5) is 0. The van der Waals surface area contributed by atoms with E-state index < -0.39 is 0 Å². The summed E-state index contributed by atoms with van der Waals surface area (Å²) in [6.45, 7) is 7.61. The molecule has 3 heteroatoms. The predicted octanol–water partition coefficient (Wildman–Crippen LogP) is 4.35. The van der Waals surface area contributed by atoms with Gasteiger partial charge in [-0.05, 0) is 32.9 Å². The topological polar surface area (TPSA) is 29.9 Å². The van der Waals surface area contributed by atoms with E-state index in [-0.39, 0.29) is 0 Å². The Bertz CT molecular complexity index is 371. The zero-order chi connectivity index (χ0) is 15.5. The van der Waals surface area contributed by atoms with Crippen LogP contribution in [0.15, 0.2) is 6.07 Å². The summed E-state index contributed by atoms with van der Waals surface area (Å²) in [6, 6.07) is 2.87. The van der Waals surface area contributed by atoms with Gasteiger partial charge in [0.15, 0.2) is 0 Å². The summed E-state index contributed by atoms with van der Waals surface area (Å²) in [6.07, 6.45) is 11.7. The molecule has 0 aliphatic heterocycles. The molecule has 1 atom stereocenters. The third-order valence-electron chi connectivity index (χ3n) is 4.35. The summed E-state index contributed by atoms with van der Waals surface area (Å²) >= 11 is 0. The van der Waals surface area contributed by atoms with E-state index in [1.165, 1.54) is 56.3 Å². The van der Waals surface area contributed by atoms with Crippen molar-refractivity contribution in [2.24, 2.45) is 0 Å². The molecule has 0 amide bonds. The molecule has 21 heavy (non-hydrogen) atoms. The van der Waals surface area contributed by atoms with E-state index in [0.717, 1.165) is 19.4 Å². The maximum Gasteiger partial charge on any atom is 0.0624 e. The van der Waals surface area contributed by atoms with Gasteiger partial charge in [0.1, 0.15) is 0 Å². The Kier molecular flexibility index (Phi) is 9.40. The lowest BCUT2D eigenvalue weighted by molar-refractivity contribution is 0.464. The van der Waals surface area contributed by atoms with Crippen LogP contribution < -0.4 is 5.32 Å². The van der Waals surface area contributed by atoms with Crippen molar-refractivity contribution in [1.29, 1.82) is 0 Å². The normalized spacial score (nSPS) is 12.8. The third kappa shape index (κ3) is 6.64. The minimum Gasteiger partial charge on any atom is -0.317 e. The highest BCUT2D eigenvalue weighted by Gasteiger charge is 2.12. The summed E-state index contributed by atoms with van der Waals surface area (Å²) in [5.74, 6) is 0. The molecule has 0 bridgehead atoms. The van der Waals surface area contributed by atoms with Crippen LogP contribution in [0.4, 0.5) is 0 Å².